The molecule has 8 nitrogen and oxygen atoms in total. The lowest BCUT2D eigenvalue weighted by Crippen LogP contribution is -2.38. The van der Waals surface area contributed by atoms with Crippen molar-refractivity contribution in [2.75, 3.05) is 27.3 Å². The van der Waals surface area contributed by atoms with Crippen molar-refractivity contribution in [3.8, 4) is 5.75 Å². The largest absolute Gasteiger partial charge is 0.494 e. The van der Waals surface area contributed by atoms with Gasteiger partial charge in [-0.3, -0.25) is 4.68 Å². The van der Waals surface area contributed by atoms with Gasteiger partial charge in [-0.25, -0.2) is 17.6 Å². The Morgan fingerprint density at radius 2 is 1.97 bits per heavy atom. The van der Waals surface area contributed by atoms with Crippen LogP contribution in [0.25, 0.3) is 0 Å². The molecule has 1 aliphatic rings. The van der Waals surface area contributed by atoms with E-state index < -0.39 is 21.8 Å². The van der Waals surface area contributed by atoms with Crippen molar-refractivity contribution < 1.29 is 27.1 Å². The van der Waals surface area contributed by atoms with Gasteiger partial charge in [0.2, 0.25) is 5.03 Å². The summed E-state index contributed by atoms with van der Waals surface area (Å²) in [6.45, 7) is 2.91. The molecular formula is C19H24FN3O5S. The summed E-state index contributed by atoms with van der Waals surface area (Å²) in [5.41, 5.74) is 0.401. The molecule has 2 aromatic rings. The molecule has 0 atom stereocenters. The van der Waals surface area contributed by atoms with Crippen LogP contribution in [0, 0.1) is 11.7 Å². The van der Waals surface area contributed by atoms with Crippen LogP contribution >= 0.6 is 0 Å². The molecule has 2 heterocycles. The summed E-state index contributed by atoms with van der Waals surface area (Å²) in [6.07, 6.45) is 2.81. The minimum Gasteiger partial charge on any atom is -0.494 e. The number of hydrogen-bond acceptors (Lipinski definition) is 6. The standard InChI is InChI=1S/C19H24FN3O5S/c1-13-6-8-23(9-7-13)29(25,26)18-15(19(24)28-3)12-22(21-18)11-14-4-5-17(27-2)16(20)10-14/h4-5,10,12-13H,6-9,11H2,1-3H3. The highest BCUT2D eigenvalue weighted by molar-refractivity contribution is 7.89. The molecular weight excluding hydrogens is 401 g/mol. The molecule has 0 unspecified atom stereocenters. The van der Waals surface area contributed by atoms with Gasteiger partial charge in [0.25, 0.3) is 10.0 Å². The molecule has 10 heteroatoms. The number of nitrogens with zero attached hydrogens (tertiary/aromatic N) is 3. The molecule has 0 radical (unpaired) electrons. The van der Waals surface area contributed by atoms with Crippen molar-refractivity contribution in [1.29, 1.82) is 0 Å². The summed E-state index contributed by atoms with van der Waals surface area (Å²) < 4.78 is 52.4. The van der Waals surface area contributed by atoms with Crippen molar-refractivity contribution in [1.82, 2.24) is 14.1 Å². The Hall–Kier alpha value is -2.46. The zero-order chi connectivity index (χ0) is 21.2. The lowest BCUT2D eigenvalue weighted by molar-refractivity contribution is 0.0596. The molecule has 1 aromatic carbocycles. The first-order chi connectivity index (χ1) is 13.8. The van der Waals surface area contributed by atoms with Crippen molar-refractivity contribution in [2.45, 2.75) is 31.3 Å². The van der Waals surface area contributed by atoms with Crippen LogP contribution in [-0.2, 0) is 21.3 Å². The number of benzene rings is 1. The van der Waals surface area contributed by atoms with Gasteiger partial charge in [0, 0.05) is 19.3 Å². The first kappa shape index (κ1) is 21.3. The van der Waals surface area contributed by atoms with Gasteiger partial charge in [0.15, 0.2) is 11.6 Å². The monoisotopic (exact) mass is 425 g/mol. The minimum atomic E-state index is -3.96. The highest BCUT2D eigenvalue weighted by atomic mass is 32.2. The van der Waals surface area contributed by atoms with E-state index in [0.717, 1.165) is 12.8 Å². The van der Waals surface area contributed by atoms with Gasteiger partial charge in [0.05, 0.1) is 20.8 Å². The van der Waals surface area contributed by atoms with Gasteiger partial charge in [-0.1, -0.05) is 13.0 Å². The lowest BCUT2D eigenvalue weighted by atomic mass is 10.0. The highest BCUT2D eigenvalue weighted by Gasteiger charge is 2.34. The van der Waals surface area contributed by atoms with Gasteiger partial charge in [0.1, 0.15) is 5.56 Å². The molecule has 0 bridgehead atoms. The summed E-state index contributed by atoms with van der Waals surface area (Å²) in [5.74, 6) is -0.780. The van der Waals surface area contributed by atoms with Crippen LogP contribution in [0.2, 0.25) is 0 Å². The maximum Gasteiger partial charge on any atom is 0.342 e. The van der Waals surface area contributed by atoms with E-state index in [4.69, 9.17) is 9.47 Å². The molecule has 3 rings (SSSR count). The summed E-state index contributed by atoms with van der Waals surface area (Å²) >= 11 is 0. The van der Waals surface area contributed by atoms with E-state index in [2.05, 4.69) is 12.0 Å². The number of aromatic nitrogens is 2. The van der Waals surface area contributed by atoms with E-state index in [1.807, 2.05) is 0 Å². The van der Waals surface area contributed by atoms with E-state index in [-0.39, 0.29) is 22.9 Å². The van der Waals surface area contributed by atoms with Crippen LogP contribution in [0.15, 0.2) is 29.4 Å². The molecule has 1 fully saturated rings. The molecule has 158 valence electrons. The number of carbonyl (C=O) groups is 1. The van der Waals surface area contributed by atoms with Gasteiger partial charge in [-0.05, 0) is 36.5 Å². The second-order valence-corrected chi connectivity index (χ2v) is 8.95. The second-order valence-electron chi connectivity index (χ2n) is 7.09. The number of esters is 1. The molecule has 0 aliphatic carbocycles. The summed E-state index contributed by atoms with van der Waals surface area (Å²) in [6, 6.07) is 4.39. The SMILES string of the molecule is COC(=O)c1cn(Cc2ccc(OC)c(F)c2)nc1S(=O)(=O)N1CCC(C)CC1. The van der Waals surface area contributed by atoms with Gasteiger partial charge < -0.3 is 9.47 Å². The average molecular weight is 425 g/mol. The number of sulfonamides is 1. The maximum absolute atomic E-state index is 14.0. The number of hydrogen-bond donors (Lipinski definition) is 0. The Morgan fingerprint density at radius 3 is 2.55 bits per heavy atom. The number of carbonyl (C=O) groups excluding carboxylic acids is 1. The van der Waals surface area contributed by atoms with E-state index in [0.29, 0.717) is 24.6 Å². The number of methoxy groups -OCH3 is 2. The van der Waals surface area contributed by atoms with Crippen LogP contribution in [0.5, 0.6) is 5.75 Å². The van der Waals surface area contributed by atoms with Crippen LogP contribution < -0.4 is 4.74 Å². The smallest absolute Gasteiger partial charge is 0.342 e. The molecule has 0 saturated carbocycles. The van der Waals surface area contributed by atoms with Crippen LogP contribution in [-0.4, -0.2) is 55.8 Å². The number of rotatable bonds is 6. The Labute approximate surface area is 169 Å². The topological polar surface area (TPSA) is 90.7 Å². The van der Waals surface area contributed by atoms with Crippen molar-refractivity contribution in [3.63, 3.8) is 0 Å². The van der Waals surface area contributed by atoms with Crippen LogP contribution in [0.4, 0.5) is 4.39 Å². The van der Waals surface area contributed by atoms with Crippen molar-refractivity contribution in [2.24, 2.45) is 5.92 Å². The first-order valence-electron chi connectivity index (χ1n) is 9.24. The summed E-state index contributed by atoms with van der Waals surface area (Å²) in [7, 11) is -1.41. The predicted octanol–water partition coefficient (Wildman–Crippen LogP) is 2.29. The van der Waals surface area contributed by atoms with Crippen LogP contribution in [0.3, 0.4) is 0 Å². The molecule has 29 heavy (non-hydrogen) atoms. The zero-order valence-electron chi connectivity index (χ0n) is 16.6. The fourth-order valence-electron chi connectivity index (χ4n) is 3.27. The van der Waals surface area contributed by atoms with Crippen molar-refractivity contribution >= 4 is 16.0 Å². The quantitative estimate of drug-likeness (QED) is 0.660. The molecule has 0 N–H and O–H groups in total. The molecule has 0 amide bonds. The maximum atomic E-state index is 14.0. The fraction of sp³-hybridized carbons (Fsp3) is 0.474. The Kier molecular flexibility index (Phi) is 6.23. The fourth-order valence-corrected chi connectivity index (χ4v) is 4.83. The third-order valence-electron chi connectivity index (χ3n) is 5.02. The first-order valence-corrected chi connectivity index (χ1v) is 10.7. The van der Waals surface area contributed by atoms with E-state index in [1.54, 1.807) is 6.07 Å². The van der Waals surface area contributed by atoms with E-state index in [1.165, 1.54) is 41.5 Å². The van der Waals surface area contributed by atoms with Crippen molar-refractivity contribution in [3.05, 3.63) is 41.3 Å². The van der Waals surface area contributed by atoms with Gasteiger partial charge in [-0.2, -0.15) is 9.40 Å². The molecule has 1 saturated heterocycles. The normalized spacial score (nSPS) is 16.0. The Morgan fingerprint density at radius 1 is 1.28 bits per heavy atom. The third-order valence-corrected chi connectivity index (χ3v) is 6.86. The Bertz CT molecular complexity index is 997. The van der Waals surface area contributed by atoms with Crippen LogP contribution in [0.1, 0.15) is 35.7 Å². The minimum absolute atomic E-state index is 0.0808. The van der Waals surface area contributed by atoms with Gasteiger partial charge >= 0.3 is 5.97 Å². The number of halogens is 1. The number of piperidine rings is 1. The van der Waals surface area contributed by atoms with E-state index in [9.17, 15) is 17.6 Å². The summed E-state index contributed by atoms with van der Waals surface area (Å²) in [4.78, 5) is 12.2. The Balaban J connectivity index is 1.94. The molecule has 1 aliphatic heterocycles. The number of ether oxygens (including phenoxy) is 2. The zero-order valence-corrected chi connectivity index (χ0v) is 17.4. The lowest BCUT2D eigenvalue weighted by Gasteiger charge is -2.28. The summed E-state index contributed by atoms with van der Waals surface area (Å²) in [5, 5.41) is 3.81. The van der Waals surface area contributed by atoms with E-state index >= 15 is 0 Å². The highest BCUT2D eigenvalue weighted by Crippen LogP contribution is 2.26. The van der Waals surface area contributed by atoms with Gasteiger partial charge in [-0.15, -0.1) is 0 Å². The molecule has 1 aromatic heterocycles. The third kappa shape index (κ3) is 4.43. The second kappa shape index (κ2) is 8.50. The average Bonchev–Trinajstić information content (AvgIpc) is 3.12. The molecule has 0 spiro atoms. The predicted molar refractivity (Wildman–Crippen MR) is 103 cm³/mol.